The molecule has 2 nitrogen and oxygen atoms in total. The average Bonchev–Trinajstić information content (AvgIpc) is 3.15. The van der Waals surface area contributed by atoms with Gasteiger partial charge in [-0.15, -0.1) is 0 Å². The van der Waals surface area contributed by atoms with Crippen molar-refractivity contribution in [3.63, 3.8) is 0 Å². The lowest BCUT2D eigenvalue weighted by atomic mass is 9.33. The van der Waals surface area contributed by atoms with Crippen molar-refractivity contribution in [3.8, 4) is 0 Å². The Balaban J connectivity index is 1.52. The summed E-state index contributed by atoms with van der Waals surface area (Å²) in [7, 11) is 0. The van der Waals surface area contributed by atoms with Crippen molar-refractivity contribution < 1.29 is 0 Å². The molecule has 3 aromatic carbocycles. The quantitative estimate of drug-likeness (QED) is 0.394. The summed E-state index contributed by atoms with van der Waals surface area (Å²) in [5, 5.41) is 0. The van der Waals surface area contributed by atoms with Crippen LogP contribution < -0.4 is 26.2 Å². The molecule has 176 valence electrons. The molecule has 0 saturated heterocycles. The van der Waals surface area contributed by atoms with Gasteiger partial charge in [0.15, 0.2) is 0 Å². The first-order valence-corrected chi connectivity index (χ1v) is 13.6. The predicted octanol–water partition coefficient (Wildman–Crippen LogP) is 5.78. The van der Waals surface area contributed by atoms with Crippen LogP contribution in [0.2, 0.25) is 0 Å². The number of benzene rings is 3. The standard InChI is InChI=1S/C32H35BN2/c1-29(2)20-12-9-14-22-27(20)34(30(29,3)4)24-16-11-17-25-26(24)33(22)23-15-10-13-21-28(23)35(25)32(6)19-8-7-18-31(21,32)5/h9-17H,7-8,18-19H2,1-6H3. The van der Waals surface area contributed by atoms with Crippen LogP contribution in [-0.4, -0.2) is 17.8 Å². The zero-order valence-electron chi connectivity index (χ0n) is 22.0. The van der Waals surface area contributed by atoms with Gasteiger partial charge in [-0.3, -0.25) is 0 Å². The molecular formula is C32H35BN2. The largest absolute Gasteiger partial charge is 0.336 e. The molecule has 0 aromatic heterocycles. The Morgan fingerprint density at radius 3 is 1.94 bits per heavy atom. The Labute approximate surface area is 210 Å². The van der Waals surface area contributed by atoms with E-state index >= 15 is 0 Å². The fraction of sp³-hybridized carbons (Fsp3) is 0.438. The van der Waals surface area contributed by atoms with Crippen LogP contribution in [0.1, 0.15) is 78.4 Å². The minimum Gasteiger partial charge on any atom is -0.336 e. The van der Waals surface area contributed by atoms with E-state index in [0.717, 1.165) is 0 Å². The van der Waals surface area contributed by atoms with Crippen molar-refractivity contribution in [1.82, 2.24) is 0 Å². The number of rotatable bonds is 0. The van der Waals surface area contributed by atoms with Crippen LogP contribution in [-0.2, 0) is 10.8 Å². The number of hydrogen-bond acceptors (Lipinski definition) is 2. The molecule has 0 radical (unpaired) electrons. The molecular weight excluding hydrogens is 423 g/mol. The maximum Gasteiger partial charge on any atom is 0.252 e. The first kappa shape index (κ1) is 20.5. The van der Waals surface area contributed by atoms with Gasteiger partial charge in [-0.05, 0) is 73.3 Å². The van der Waals surface area contributed by atoms with E-state index < -0.39 is 0 Å². The van der Waals surface area contributed by atoms with Gasteiger partial charge in [-0.1, -0.05) is 76.1 Å². The predicted molar refractivity (Wildman–Crippen MR) is 150 cm³/mol. The third-order valence-electron chi connectivity index (χ3n) is 11.7. The highest BCUT2D eigenvalue weighted by Gasteiger charge is 2.62. The Morgan fingerprint density at radius 2 is 1.23 bits per heavy atom. The molecule has 4 aliphatic heterocycles. The summed E-state index contributed by atoms with van der Waals surface area (Å²) >= 11 is 0. The second kappa shape index (κ2) is 5.82. The normalized spacial score (nSPS) is 29.5. The first-order chi connectivity index (χ1) is 16.6. The van der Waals surface area contributed by atoms with E-state index in [9.17, 15) is 0 Å². The number of hydrogen-bond donors (Lipinski definition) is 0. The van der Waals surface area contributed by atoms with Crippen molar-refractivity contribution in [2.45, 2.75) is 89.1 Å². The molecule has 5 aliphatic rings. The topological polar surface area (TPSA) is 6.48 Å². The van der Waals surface area contributed by atoms with Gasteiger partial charge in [-0.2, -0.15) is 0 Å². The molecule has 8 rings (SSSR count). The first-order valence-electron chi connectivity index (χ1n) is 13.6. The molecule has 1 aliphatic carbocycles. The summed E-state index contributed by atoms with van der Waals surface area (Å²) in [6.07, 6.45) is 5.20. The highest BCUT2D eigenvalue weighted by Crippen LogP contribution is 2.62. The second-order valence-corrected chi connectivity index (χ2v) is 13.3. The van der Waals surface area contributed by atoms with Gasteiger partial charge in [0.2, 0.25) is 0 Å². The van der Waals surface area contributed by atoms with Crippen molar-refractivity contribution >= 4 is 45.9 Å². The minimum atomic E-state index is -0.0120. The van der Waals surface area contributed by atoms with E-state index in [1.54, 1.807) is 5.56 Å². The van der Waals surface area contributed by atoms with Crippen LogP contribution in [0.3, 0.4) is 0 Å². The lowest BCUT2D eigenvalue weighted by Crippen LogP contribution is -2.65. The van der Waals surface area contributed by atoms with E-state index in [-0.39, 0.29) is 21.9 Å². The molecule has 2 atom stereocenters. The Hall–Kier alpha value is -2.68. The van der Waals surface area contributed by atoms with E-state index in [2.05, 4.69) is 106 Å². The molecule has 4 heterocycles. The molecule has 0 spiro atoms. The minimum absolute atomic E-state index is 0.0120. The Morgan fingerprint density at radius 1 is 0.657 bits per heavy atom. The van der Waals surface area contributed by atoms with E-state index in [0.29, 0.717) is 6.71 Å². The third kappa shape index (κ3) is 1.92. The maximum atomic E-state index is 2.81. The zero-order valence-corrected chi connectivity index (χ0v) is 22.0. The third-order valence-corrected chi connectivity index (χ3v) is 11.7. The number of para-hydroxylation sites is 2. The highest BCUT2D eigenvalue weighted by molar-refractivity contribution is 7.00. The van der Waals surface area contributed by atoms with Crippen LogP contribution in [0.4, 0.5) is 22.7 Å². The summed E-state index contributed by atoms with van der Waals surface area (Å²) < 4.78 is 0. The highest BCUT2D eigenvalue weighted by atomic mass is 15.3. The van der Waals surface area contributed by atoms with E-state index in [1.165, 1.54) is 70.4 Å². The van der Waals surface area contributed by atoms with Gasteiger partial charge in [0.25, 0.3) is 6.71 Å². The summed E-state index contributed by atoms with van der Waals surface area (Å²) in [6.45, 7) is 15.2. The fourth-order valence-corrected chi connectivity index (χ4v) is 8.96. The van der Waals surface area contributed by atoms with Crippen molar-refractivity contribution in [2.75, 3.05) is 9.80 Å². The summed E-state index contributed by atoms with van der Waals surface area (Å²) in [6, 6.07) is 21.5. The van der Waals surface area contributed by atoms with Gasteiger partial charge in [-0.25, -0.2) is 0 Å². The molecule has 2 unspecified atom stereocenters. The lowest BCUT2D eigenvalue weighted by Gasteiger charge is -2.53. The number of fused-ring (bicyclic) bond motifs is 7. The van der Waals surface area contributed by atoms with Gasteiger partial charge >= 0.3 is 0 Å². The lowest BCUT2D eigenvalue weighted by molar-refractivity contribution is 0.195. The number of nitrogens with zero attached hydrogens (tertiary/aromatic N) is 2. The second-order valence-electron chi connectivity index (χ2n) is 13.3. The zero-order chi connectivity index (χ0) is 24.1. The Kier molecular flexibility index (Phi) is 3.41. The molecule has 0 amide bonds. The molecule has 1 fully saturated rings. The van der Waals surface area contributed by atoms with Crippen LogP contribution in [0.5, 0.6) is 0 Å². The van der Waals surface area contributed by atoms with Gasteiger partial charge in [0.1, 0.15) is 0 Å². The van der Waals surface area contributed by atoms with Crippen LogP contribution in [0.25, 0.3) is 0 Å². The number of anilines is 4. The molecule has 3 heteroatoms. The van der Waals surface area contributed by atoms with Crippen molar-refractivity contribution in [1.29, 1.82) is 0 Å². The van der Waals surface area contributed by atoms with Gasteiger partial charge < -0.3 is 9.80 Å². The van der Waals surface area contributed by atoms with Gasteiger partial charge in [0.05, 0.1) is 5.54 Å². The van der Waals surface area contributed by atoms with Crippen LogP contribution in [0.15, 0.2) is 54.6 Å². The van der Waals surface area contributed by atoms with E-state index in [4.69, 9.17) is 0 Å². The van der Waals surface area contributed by atoms with Crippen molar-refractivity contribution in [2.24, 2.45) is 0 Å². The molecule has 35 heavy (non-hydrogen) atoms. The molecule has 1 saturated carbocycles. The van der Waals surface area contributed by atoms with Crippen LogP contribution >= 0.6 is 0 Å². The molecule has 3 aromatic rings. The van der Waals surface area contributed by atoms with Crippen molar-refractivity contribution in [3.05, 3.63) is 65.7 Å². The monoisotopic (exact) mass is 458 g/mol. The Bertz CT molecular complexity index is 1470. The summed E-state index contributed by atoms with van der Waals surface area (Å²) in [5.41, 5.74) is 13.9. The maximum absolute atomic E-state index is 2.81. The van der Waals surface area contributed by atoms with Crippen LogP contribution in [0, 0.1) is 0 Å². The van der Waals surface area contributed by atoms with E-state index in [1.807, 2.05) is 0 Å². The summed E-state index contributed by atoms with van der Waals surface area (Å²) in [5.74, 6) is 0. The fourth-order valence-electron chi connectivity index (χ4n) is 8.96. The smallest absolute Gasteiger partial charge is 0.252 e. The van der Waals surface area contributed by atoms with Gasteiger partial charge in [0, 0.05) is 39.1 Å². The molecule has 0 N–H and O–H groups in total. The average molecular weight is 458 g/mol. The SMILES string of the molecule is CC1(C)c2cccc3c2N(c2cccc4c2B3c2cccc3c2N4C2(C)CCCCC32C)C1(C)C. The molecule has 0 bridgehead atoms. The summed E-state index contributed by atoms with van der Waals surface area (Å²) in [4.78, 5) is 5.52.